The summed E-state index contributed by atoms with van der Waals surface area (Å²) in [6.07, 6.45) is -3.60. The standard InChI is InChI=1S/C18H11F3O4/c1-8-9(2)17-13(16(24)14(8)22)12(7-25-17)15(23)10-4-3-5-11(6-10)18(19,20)21/h3-7H,1-2H3. The Labute approximate surface area is 139 Å². The first kappa shape index (κ1) is 16.9. The van der Waals surface area contributed by atoms with Crippen molar-refractivity contribution in [2.75, 3.05) is 0 Å². The highest BCUT2D eigenvalue weighted by Crippen LogP contribution is 2.34. The third-order valence-electron chi connectivity index (χ3n) is 4.16. The van der Waals surface area contributed by atoms with E-state index in [4.69, 9.17) is 4.42 Å². The molecule has 0 spiro atoms. The molecule has 0 amide bonds. The number of fused-ring (bicyclic) bond motifs is 1. The summed E-state index contributed by atoms with van der Waals surface area (Å²) >= 11 is 0. The highest BCUT2D eigenvalue weighted by atomic mass is 19.4. The van der Waals surface area contributed by atoms with Gasteiger partial charge in [-0.05, 0) is 31.6 Å². The van der Waals surface area contributed by atoms with Crippen LogP contribution in [0.2, 0.25) is 0 Å². The van der Waals surface area contributed by atoms with E-state index in [1.165, 1.54) is 13.0 Å². The van der Waals surface area contributed by atoms with Gasteiger partial charge in [-0.1, -0.05) is 12.1 Å². The number of ketones is 3. The van der Waals surface area contributed by atoms with Crippen molar-refractivity contribution >= 4 is 22.9 Å². The van der Waals surface area contributed by atoms with Crippen molar-refractivity contribution in [3.05, 3.63) is 64.1 Å². The van der Waals surface area contributed by atoms with E-state index in [9.17, 15) is 27.6 Å². The van der Waals surface area contributed by atoms with Gasteiger partial charge in [0.1, 0.15) is 12.0 Å². The summed E-state index contributed by atoms with van der Waals surface area (Å²) < 4.78 is 43.7. The van der Waals surface area contributed by atoms with E-state index in [1.54, 1.807) is 6.92 Å². The smallest absolute Gasteiger partial charge is 0.416 e. The van der Waals surface area contributed by atoms with Crippen LogP contribution < -0.4 is 0 Å². The number of halogens is 3. The molecule has 4 nitrogen and oxygen atoms in total. The van der Waals surface area contributed by atoms with Crippen LogP contribution in [0.1, 0.15) is 51.5 Å². The largest absolute Gasteiger partial charge is 0.463 e. The minimum atomic E-state index is -4.60. The molecule has 25 heavy (non-hydrogen) atoms. The first-order chi connectivity index (χ1) is 11.6. The molecule has 1 aliphatic carbocycles. The Balaban J connectivity index is 2.12. The van der Waals surface area contributed by atoms with E-state index < -0.39 is 29.1 Å². The van der Waals surface area contributed by atoms with Crippen molar-refractivity contribution in [3.63, 3.8) is 0 Å². The SMILES string of the molecule is CC1=C(C)c2occ(C(=O)c3cccc(C(F)(F)F)c3)c2C(=O)C1=O. The van der Waals surface area contributed by atoms with Gasteiger partial charge in [-0.3, -0.25) is 14.4 Å². The van der Waals surface area contributed by atoms with Gasteiger partial charge in [-0.25, -0.2) is 0 Å². The fraction of sp³-hybridized carbons (Fsp3) is 0.167. The zero-order valence-corrected chi connectivity index (χ0v) is 13.2. The van der Waals surface area contributed by atoms with E-state index in [0.29, 0.717) is 11.6 Å². The molecule has 1 aromatic heterocycles. The summed E-state index contributed by atoms with van der Waals surface area (Å²) in [6.45, 7) is 3.04. The summed E-state index contributed by atoms with van der Waals surface area (Å²) in [5.74, 6) is -2.38. The Morgan fingerprint density at radius 1 is 1.04 bits per heavy atom. The van der Waals surface area contributed by atoms with Crippen LogP contribution in [0.5, 0.6) is 0 Å². The number of benzene rings is 1. The van der Waals surface area contributed by atoms with Gasteiger partial charge in [-0.15, -0.1) is 0 Å². The molecule has 0 unspecified atom stereocenters. The number of Topliss-reactive ketones (excluding diaryl/α,β-unsaturated/α-hetero) is 2. The Morgan fingerprint density at radius 2 is 1.72 bits per heavy atom. The third-order valence-corrected chi connectivity index (χ3v) is 4.16. The molecule has 128 valence electrons. The topological polar surface area (TPSA) is 64.3 Å². The predicted octanol–water partition coefficient (Wildman–Crippen LogP) is 4.09. The van der Waals surface area contributed by atoms with Crippen LogP contribution >= 0.6 is 0 Å². The number of hydrogen-bond donors (Lipinski definition) is 0. The summed E-state index contributed by atoms with van der Waals surface area (Å²) in [6, 6.07) is 3.85. The summed E-state index contributed by atoms with van der Waals surface area (Å²) in [7, 11) is 0. The molecular weight excluding hydrogens is 337 g/mol. The van der Waals surface area contributed by atoms with Crippen molar-refractivity contribution in [2.45, 2.75) is 20.0 Å². The first-order valence-corrected chi connectivity index (χ1v) is 7.23. The maximum atomic E-state index is 12.8. The quantitative estimate of drug-likeness (QED) is 0.606. The number of rotatable bonds is 2. The molecule has 0 N–H and O–H groups in total. The average molecular weight is 348 g/mol. The maximum absolute atomic E-state index is 12.8. The maximum Gasteiger partial charge on any atom is 0.416 e. The fourth-order valence-electron chi connectivity index (χ4n) is 2.64. The van der Waals surface area contributed by atoms with Crippen molar-refractivity contribution in [2.24, 2.45) is 0 Å². The lowest BCUT2D eigenvalue weighted by Crippen LogP contribution is -2.23. The third kappa shape index (κ3) is 2.61. The van der Waals surface area contributed by atoms with E-state index in [0.717, 1.165) is 18.4 Å². The highest BCUT2D eigenvalue weighted by molar-refractivity contribution is 6.53. The second kappa shape index (κ2) is 5.54. The molecule has 1 heterocycles. The number of alkyl halides is 3. The fourth-order valence-corrected chi connectivity index (χ4v) is 2.64. The van der Waals surface area contributed by atoms with Crippen LogP contribution in [0.25, 0.3) is 5.57 Å². The second-order valence-electron chi connectivity index (χ2n) is 5.67. The zero-order chi connectivity index (χ0) is 18.5. The van der Waals surface area contributed by atoms with Crippen molar-refractivity contribution in [1.82, 2.24) is 0 Å². The average Bonchev–Trinajstić information content (AvgIpc) is 3.02. The number of allylic oxidation sites excluding steroid dienone is 2. The van der Waals surface area contributed by atoms with Crippen LogP contribution in [-0.2, 0) is 11.0 Å². The Morgan fingerprint density at radius 3 is 2.36 bits per heavy atom. The van der Waals surface area contributed by atoms with Gasteiger partial charge in [0.15, 0.2) is 5.78 Å². The number of hydrogen-bond acceptors (Lipinski definition) is 4. The molecule has 3 rings (SSSR count). The molecule has 0 fully saturated rings. The molecule has 7 heteroatoms. The van der Waals surface area contributed by atoms with Gasteiger partial charge in [0.05, 0.1) is 16.7 Å². The lowest BCUT2D eigenvalue weighted by molar-refractivity contribution is -0.137. The lowest BCUT2D eigenvalue weighted by Gasteiger charge is -2.13. The van der Waals surface area contributed by atoms with Gasteiger partial charge in [0, 0.05) is 11.1 Å². The molecule has 1 aromatic carbocycles. The van der Waals surface area contributed by atoms with Crippen molar-refractivity contribution in [3.8, 4) is 0 Å². The van der Waals surface area contributed by atoms with Crippen molar-refractivity contribution < 1.29 is 32.0 Å². The number of furan rings is 1. The summed E-state index contributed by atoms with van der Waals surface area (Å²) in [4.78, 5) is 36.8. The minimum absolute atomic E-state index is 0.0948. The van der Waals surface area contributed by atoms with Gasteiger partial charge in [-0.2, -0.15) is 13.2 Å². The molecule has 0 radical (unpaired) electrons. The molecule has 0 saturated heterocycles. The number of carbonyl (C=O) groups excluding carboxylic acids is 3. The van der Waals surface area contributed by atoms with Crippen LogP contribution in [0, 0.1) is 0 Å². The summed E-state index contributed by atoms with van der Waals surface area (Å²) in [5.41, 5.74) is -1.02. The molecule has 1 aliphatic rings. The van der Waals surface area contributed by atoms with Crippen LogP contribution in [0.4, 0.5) is 13.2 Å². The molecule has 0 saturated carbocycles. The Kier molecular flexibility index (Phi) is 3.74. The Bertz CT molecular complexity index is 961. The highest BCUT2D eigenvalue weighted by Gasteiger charge is 2.36. The van der Waals surface area contributed by atoms with Crippen LogP contribution in [0.15, 0.2) is 40.5 Å². The van der Waals surface area contributed by atoms with Gasteiger partial charge < -0.3 is 4.42 Å². The molecule has 0 atom stereocenters. The Hall–Kier alpha value is -2.96. The molecule has 2 aromatic rings. The van der Waals surface area contributed by atoms with Gasteiger partial charge >= 0.3 is 6.18 Å². The predicted molar refractivity (Wildman–Crippen MR) is 81.2 cm³/mol. The first-order valence-electron chi connectivity index (χ1n) is 7.23. The second-order valence-corrected chi connectivity index (χ2v) is 5.67. The van der Waals surface area contributed by atoms with E-state index in [2.05, 4.69) is 0 Å². The van der Waals surface area contributed by atoms with Gasteiger partial charge in [0.25, 0.3) is 0 Å². The zero-order valence-electron chi connectivity index (χ0n) is 13.2. The van der Waals surface area contributed by atoms with E-state index in [1.807, 2.05) is 0 Å². The van der Waals surface area contributed by atoms with Crippen LogP contribution in [-0.4, -0.2) is 17.3 Å². The van der Waals surface area contributed by atoms with E-state index >= 15 is 0 Å². The van der Waals surface area contributed by atoms with Gasteiger partial charge in [0.2, 0.25) is 11.6 Å². The van der Waals surface area contributed by atoms with E-state index in [-0.39, 0.29) is 28.0 Å². The van der Waals surface area contributed by atoms with Crippen molar-refractivity contribution in [1.29, 1.82) is 0 Å². The monoisotopic (exact) mass is 348 g/mol. The molecular formula is C18H11F3O4. The molecule has 0 aliphatic heterocycles. The normalized spacial score (nSPS) is 14.8. The molecule has 0 bridgehead atoms. The lowest BCUT2D eigenvalue weighted by atomic mass is 9.87. The van der Waals surface area contributed by atoms with Crippen LogP contribution in [0.3, 0.4) is 0 Å². The number of carbonyl (C=O) groups is 3. The minimum Gasteiger partial charge on any atom is -0.463 e. The summed E-state index contributed by atoms with van der Waals surface area (Å²) in [5, 5.41) is 0.